The molecule has 0 saturated carbocycles. The Kier molecular flexibility index (Phi) is 3.86. The maximum Gasteiger partial charge on any atom is 0.227 e. The zero-order valence-corrected chi connectivity index (χ0v) is 13.6. The van der Waals surface area contributed by atoms with Gasteiger partial charge in [-0.05, 0) is 24.3 Å². The second-order valence-electron chi connectivity index (χ2n) is 4.92. The monoisotopic (exact) mass is 346 g/mol. The quantitative estimate of drug-likeness (QED) is 0.605. The van der Waals surface area contributed by atoms with Crippen LogP contribution < -0.4 is 5.32 Å². The third-order valence-corrected chi connectivity index (χ3v) is 4.13. The molecule has 1 aromatic carbocycles. The minimum atomic E-state index is 0.391. The molecule has 0 amide bonds. The molecule has 3 aromatic heterocycles. The summed E-state index contributed by atoms with van der Waals surface area (Å²) in [6.45, 7) is 0. The van der Waals surface area contributed by atoms with E-state index in [9.17, 15) is 5.26 Å². The summed E-state index contributed by atoms with van der Waals surface area (Å²) in [6, 6.07) is 9.69. The molecule has 0 bridgehead atoms. The van der Waals surface area contributed by atoms with Crippen molar-refractivity contribution in [1.82, 2.24) is 29.7 Å². The fourth-order valence-corrected chi connectivity index (χ4v) is 2.84. The van der Waals surface area contributed by atoms with Crippen LogP contribution in [0.15, 0.2) is 54.7 Å². The van der Waals surface area contributed by atoms with Gasteiger partial charge < -0.3 is 5.32 Å². The lowest BCUT2D eigenvalue weighted by Gasteiger charge is -2.07. The molecule has 9 heteroatoms. The highest BCUT2D eigenvalue weighted by Crippen LogP contribution is 2.25. The number of benzene rings is 1. The minimum Gasteiger partial charge on any atom is -0.324 e. The van der Waals surface area contributed by atoms with Crippen molar-refractivity contribution in [2.24, 2.45) is 0 Å². The van der Waals surface area contributed by atoms with Gasteiger partial charge in [-0.2, -0.15) is 10.4 Å². The van der Waals surface area contributed by atoms with E-state index < -0.39 is 0 Å². The lowest BCUT2D eigenvalue weighted by Crippen LogP contribution is -2.01. The molecule has 0 radical (unpaired) electrons. The van der Waals surface area contributed by atoms with Crippen LogP contribution in [0.4, 0.5) is 11.6 Å². The first-order chi connectivity index (χ1) is 12.3. The largest absolute Gasteiger partial charge is 0.324 e. The van der Waals surface area contributed by atoms with Crippen molar-refractivity contribution in [3.05, 3.63) is 60.3 Å². The molecule has 0 fully saturated rings. The molecular formula is C16H10N8S. The van der Waals surface area contributed by atoms with E-state index >= 15 is 0 Å². The maximum atomic E-state index is 9.23. The van der Waals surface area contributed by atoms with Gasteiger partial charge in [0.2, 0.25) is 5.95 Å². The fraction of sp³-hybridized carbons (Fsp3) is 0. The van der Waals surface area contributed by atoms with E-state index in [0.717, 1.165) is 11.4 Å². The van der Waals surface area contributed by atoms with Crippen molar-refractivity contribution < 1.29 is 0 Å². The van der Waals surface area contributed by atoms with Crippen molar-refractivity contribution in [2.75, 3.05) is 5.32 Å². The maximum absolute atomic E-state index is 9.23. The topological polar surface area (TPSA) is 105 Å². The SMILES string of the molecule is N#Cc1cnc(Nc2ccc(-n3cncn3)cc2)nc1-c1nccs1. The highest BCUT2D eigenvalue weighted by molar-refractivity contribution is 7.13. The van der Waals surface area contributed by atoms with Crippen LogP contribution in [-0.4, -0.2) is 29.7 Å². The van der Waals surface area contributed by atoms with Crippen LogP contribution in [-0.2, 0) is 0 Å². The molecule has 0 aliphatic heterocycles. The van der Waals surface area contributed by atoms with Gasteiger partial charge in [-0.3, -0.25) is 0 Å². The number of hydrogen-bond acceptors (Lipinski definition) is 8. The molecule has 1 N–H and O–H groups in total. The molecule has 0 aliphatic carbocycles. The zero-order valence-electron chi connectivity index (χ0n) is 12.7. The van der Waals surface area contributed by atoms with Gasteiger partial charge in [0.15, 0.2) is 0 Å². The molecule has 3 heterocycles. The fourth-order valence-electron chi connectivity index (χ4n) is 2.20. The van der Waals surface area contributed by atoms with Gasteiger partial charge in [0.25, 0.3) is 0 Å². The zero-order chi connectivity index (χ0) is 17.1. The predicted molar refractivity (Wildman–Crippen MR) is 92.5 cm³/mol. The Morgan fingerprint density at radius 2 is 2.04 bits per heavy atom. The minimum absolute atomic E-state index is 0.391. The van der Waals surface area contributed by atoms with E-state index in [0.29, 0.717) is 22.2 Å². The van der Waals surface area contributed by atoms with Gasteiger partial charge in [0.05, 0.1) is 17.4 Å². The Balaban J connectivity index is 1.61. The number of nitrogens with one attached hydrogen (secondary N) is 1. The van der Waals surface area contributed by atoms with Crippen LogP contribution in [0.25, 0.3) is 16.4 Å². The van der Waals surface area contributed by atoms with E-state index in [1.807, 2.05) is 29.6 Å². The number of thiazole rings is 1. The highest BCUT2D eigenvalue weighted by Gasteiger charge is 2.12. The molecule has 0 spiro atoms. The Morgan fingerprint density at radius 1 is 1.16 bits per heavy atom. The van der Waals surface area contributed by atoms with Crippen LogP contribution in [0, 0.1) is 11.3 Å². The van der Waals surface area contributed by atoms with E-state index in [1.54, 1.807) is 17.2 Å². The van der Waals surface area contributed by atoms with Gasteiger partial charge in [0, 0.05) is 17.3 Å². The molecule has 25 heavy (non-hydrogen) atoms. The summed E-state index contributed by atoms with van der Waals surface area (Å²) in [6.07, 6.45) is 6.29. The van der Waals surface area contributed by atoms with Gasteiger partial charge in [-0.25, -0.2) is 24.6 Å². The lowest BCUT2D eigenvalue weighted by molar-refractivity contribution is 0.879. The van der Waals surface area contributed by atoms with Crippen molar-refractivity contribution in [1.29, 1.82) is 5.26 Å². The predicted octanol–water partition coefficient (Wildman–Crippen LogP) is 2.80. The van der Waals surface area contributed by atoms with E-state index in [-0.39, 0.29) is 0 Å². The van der Waals surface area contributed by atoms with Crippen LogP contribution >= 0.6 is 11.3 Å². The summed E-state index contributed by atoms with van der Waals surface area (Å²) >= 11 is 1.43. The number of nitriles is 1. The second kappa shape index (κ2) is 6.46. The van der Waals surface area contributed by atoms with Gasteiger partial charge >= 0.3 is 0 Å². The summed E-state index contributed by atoms with van der Waals surface area (Å²) in [7, 11) is 0. The Hall–Kier alpha value is -3.64. The van der Waals surface area contributed by atoms with E-state index in [2.05, 4.69) is 36.4 Å². The third-order valence-electron chi connectivity index (χ3n) is 3.35. The summed E-state index contributed by atoms with van der Waals surface area (Å²) < 4.78 is 1.67. The molecule has 0 unspecified atom stereocenters. The number of hydrogen-bond donors (Lipinski definition) is 1. The Bertz CT molecular complexity index is 1020. The van der Waals surface area contributed by atoms with Crippen LogP contribution in [0.5, 0.6) is 0 Å². The smallest absolute Gasteiger partial charge is 0.227 e. The summed E-state index contributed by atoms with van der Waals surface area (Å²) in [5.74, 6) is 0.401. The second-order valence-corrected chi connectivity index (χ2v) is 5.81. The average molecular weight is 346 g/mol. The number of anilines is 2. The molecule has 120 valence electrons. The van der Waals surface area contributed by atoms with Gasteiger partial charge in [-0.1, -0.05) is 0 Å². The number of aromatic nitrogens is 6. The average Bonchev–Trinajstić information content (AvgIpc) is 3.36. The normalized spacial score (nSPS) is 10.4. The van der Waals surface area contributed by atoms with Crippen LogP contribution in [0.2, 0.25) is 0 Å². The number of nitrogens with zero attached hydrogens (tertiary/aromatic N) is 7. The van der Waals surface area contributed by atoms with Crippen LogP contribution in [0.3, 0.4) is 0 Å². The van der Waals surface area contributed by atoms with Crippen molar-refractivity contribution in [2.45, 2.75) is 0 Å². The standard InChI is InChI=1S/C16H10N8S/c17-7-11-8-20-16(23-14(11)15-19-5-6-25-15)22-12-1-3-13(4-2-12)24-10-18-9-21-24/h1-6,8-10H,(H,20,22,23). The first-order valence-corrected chi connectivity index (χ1v) is 8.10. The molecule has 4 aromatic rings. The lowest BCUT2D eigenvalue weighted by atomic mass is 10.2. The molecule has 4 rings (SSSR count). The molecule has 0 aliphatic rings. The van der Waals surface area contributed by atoms with E-state index in [4.69, 9.17) is 0 Å². The first kappa shape index (κ1) is 14.9. The van der Waals surface area contributed by atoms with Crippen molar-refractivity contribution >= 4 is 23.0 Å². The molecular weight excluding hydrogens is 336 g/mol. The third kappa shape index (κ3) is 3.06. The van der Waals surface area contributed by atoms with Crippen LogP contribution in [0.1, 0.15) is 5.56 Å². The Morgan fingerprint density at radius 3 is 2.72 bits per heavy atom. The van der Waals surface area contributed by atoms with Crippen molar-refractivity contribution in [3.63, 3.8) is 0 Å². The molecule has 8 nitrogen and oxygen atoms in total. The van der Waals surface area contributed by atoms with Gasteiger partial charge in [0.1, 0.15) is 29.4 Å². The first-order valence-electron chi connectivity index (χ1n) is 7.22. The highest BCUT2D eigenvalue weighted by atomic mass is 32.1. The summed E-state index contributed by atoms with van der Waals surface area (Å²) in [5, 5.41) is 19.0. The van der Waals surface area contributed by atoms with E-state index in [1.165, 1.54) is 23.9 Å². The van der Waals surface area contributed by atoms with Crippen molar-refractivity contribution in [3.8, 4) is 22.5 Å². The molecule has 0 saturated heterocycles. The Labute approximate surface area is 146 Å². The van der Waals surface area contributed by atoms with Gasteiger partial charge in [-0.15, -0.1) is 11.3 Å². The summed E-state index contributed by atoms with van der Waals surface area (Å²) in [4.78, 5) is 16.8. The molecule has 0 atom stereocenters. The summed E-state index contributed by atoms with van der Waals surface area (Å²) in [5.41, 5.74) is 2.63. The number of rotatable bonds is 4.